The van der Waals surface area contributed by atoms with Crippen LogP contribution in [0.3, 0.4) is 0 Å². The number of nitrogens with zero attached hydrogens (tertiary/aromatic N) is 1. The van der Waals surface area contributed by atoms with Crippen LogP contribution in [0.1, 0.15) is 5.56 Å². The first-order valence-electron chi connectivity index (χ1n) is 6.20. The third-order valence-corrected chi connectivity index (χ3v) is 3.54. The number of nitrogens with two attached hydrogens (primary N) is 1. The third-order valence-electron chi connectivity index (χ3n) is 3.19. The highest BCUT2D eigenvalue weighted by Crippen LogP contribution is 2.26. The van der Waals surface area contributed by atoms with E-state index in [9.17, 15) is 4.79 Å². The summed E-state index contributed by atoms with van der Waals surface area (Å²) in [6.45, 7) is 2.25. The van der Waals surface area contributed by atoms with E-state index in [-0.39, 0.29) is 5.91 Å². The van der Waals surface area contributed by atoms with Gasteiger partial charge in [-0.05, 0) is 24.7 Å². The molecule has 1 saturated heterocycles. The van der Waals surface area contributed by atoms with Crippen molar-refractivity contribution >= 4 is 23.2 Å². The number of anilines is 1. The van der Waals surface area contributed by atoms with Gasteiger partial charge in [0.05, 0.1) is 13.2 Å². The van der Waals surface area contributed by atoms with E-state index in [1.807, 2.05) is 30.1 Å². The molecular formula is C13H18ClN3O2. The molecule has 1 aliphatic heterocycles. The molecule has 1 atom stereocenters. The molecule has 3 N–H and O–H groups in total. The van der Waals surface area contributed by atoms with Crippen molar-refractivity contribution < 1.29 is 9.53 Å². The molecular weight excluding hydrogens is 266 g/mol. The standard InChI is InChI=1S/C13H18ClN3O2/c1-16-7-9-2-3-10(6-11(9)14)17-4-5-19-8-12(17)13(15)18/h2-3,6,12,16H,4-5,7-8H2,1H3,(H2,15,18). The van der Waals surface area contributed by atoms with Gasteiger partial charge in [-0.25, -0.2) is 0 Å². The van der Waals surface area contributed by atoms with Gasteiger partial charge in [0.25, 0.3) is 0 Å². The van der Waals surface area contributed by atoms with Crippen LogP contribution >= 0.6 is 11.6 Å². The Morgan fingerprint density at radius 3 is 3.05 bits per heavy atom. The first-order chi connectivity index (χ1) is 9.13. The van der Waals surface area contributed by atoms with E-state index in [4.69, 9.17) is 22.1 Å². The number of carbonyl (C=O) groups excluding carboxylic acids is 1. The molecule has 5 nitrogen and oxygen atoms in total. The number of hydrogen-bond acceptors (Lipinski definition) is 4. The van der Waals surface area contributed by atoms with Crippen molar-refractivity contribution in [2.75, 3.05) is 31.7 Å². The maximum absolute atomic E-state index is 11.5. The molecule has 19 heavy (non-hydrogen) atoms. The van der Waals surface area contributed by atoms with Crippen LogP contribution in [-0.2, 0) is 16.1 Å². The van der Waals surface area contributed by atoms with Gasteiger partial charge in [0.2, 0.25) is 5.91 Å². The minimum atomic E-state index is -0.431. The topological polar surface area (TPSA) is 67.6 Å². The lowest BCUT2D eigenvalue weighted by atomic mass is 10.1. The summed E-state index contributed by atoms with van der Waals surface area (Å²) in [4.78, 5) is 13.4. The molecule has 104 valence electrons. The van der Waals surface area contributed by atoms with Crippen molar-refractivity contribution in [2.45, 2.75) is 12.6 Å². The molecule has 1 aliphatic rings. The number of amides is 1. The van der Waals surface area contributed by atoms with E-state index in [1.165, 1.54) is 0 Å². The zero-order valence-corrected chi connectivity index (χ0v) is 11.6. The van der Waals surface area contributed by atoms with Crippen LogP contribution in [0.4, 0.5) is 5.69 Å². The van der Waals surface area contributed by atoms with Crippen LogP contribution in [0.2, 0.25) is 5.02 Å². The molecule has 1 aromatic carbocycles. The number of halogens is 1. The molecule has 0 aliphatic carbocycles. The van der Waals surface area contributed by atoms with Crippen molar-refractivity contribution in [1.29, 1.82) is 0 Å². The summed E-state index contributed by atoms with van der Waals surface area (Å²) in [5.41, 5.74) is 7.33. The minimum Gasteiger partial charge on any atom is -0.377 e. The fourth-order valence-electron chi connectivity index (χ4n) is 2.20. The van der Waals surface area contributed by atoms with Crippen LogP contribution in [-0.4, -0.2) is 38.8 Å². The number of ether oxygens (including phenoxy) is 1. The predicted molar refractivity (Wildman–Crippen MR) is 75.4 cm³/mol. The predicted octanol–water partition coefficient (Wildman–Crippen LogP) is 0.750. The number of morpholine rings is 1. The normalized spacial score (nSPS) is 19.5. The first-order valence-corrected chi connectivity index (χ1v) is 6.58. The lowest BCUT2D eigenvalue weighted by molar-refractivity contribution is -0.121. The molecule has 1 amide bonds. The largest absolute Gasteiger partial charge is 0.377 e. The molecule has 1 heterocycles. The number of primary amides is 1. The average Bonchev–Trinajstić information content (AvgIpc) is 2.41. The lowest BCUT2D eigenvalue weighted by Crippen LogP contribution is -2.52. The molecule has 1 aromatic rings. The zero-order chi connectivity index (χ0) is 13.8. The Kier molecular flexibility index (Phi) is 4.63. The smallest absolute Gasteiger partial charge is 0.242 e. The summed E-state index contributed by atoms with van der Waals surface area (Å²) in [5, 5.41) is 3.74. The van der Waals surface area contributed by atoms with Gasteiger partial charge in [-0.15, -0.1) is 0 Å². The Balaban J connectivity index is 2.24. The summed E-state index contributed by atoms with van der Waals surface area (Å²) in [5.74, 6) is -0.380. The molecule has 2 rings (SSSR count). The number of carbonyl (C=O) groups is 1. The van der Waals surface area contributed by atoms with E-state index in [1.54, 1.807) is 0 Å². The van der Waals surface area contributed by atoms with Crippen molar-refractivity contribution in [3.05, 3.63) is 28.8 Å². The highest BCUT2D eigenvalue weighted by Gasteiger charge is 2.28. The maximum Gasteiger partial charge on any atom is 0.242 e. The van der Waals surface area contributed by atoms with Crippen LogP contribution in [0.5, 0.6) is 0 Å². The first kappa shape index (κ1) is 14.1. The number of hydrogen-bond donors (Lipinski definition) is 2. The molecule has 6 heteroatoms. The Hall–Kier alpha value is -1.30. The fraction of sp³-hybridized carbons (Fsp3) is 0.462. The Morgan fingerprint density at radius 1 is 1.63 bits per heavy atom. The van der Waals surface area contributed by atoms with Gasteiger partial charge in [0, 0.05) is 23.8 Å². The van der Waals surface area contributed by atoms with E-state index in [2.05, 4.69) is 5.32 Å². The molecule has 1 fully saturated rings. The van der Waals surface area contributed by atoms with Crippen molar-refractivity contribution in [3.8, 4) is 0 Å². The second kappa shape index (κ2) is 6.23. The van der Waals surface area contributed by atoms with Gasteiger partial charge in [0.15, 0.2) is 0 Å². The summed E-state index contributed by atoms with van der Waals surface area (Å²) in [6.07, 6.45) is 0. The fourth-order valence-corrected chi connectivity index (χ4v) is 2.44. The Bertz CT molecular complexity index is 467. The average molecular weight is 284 g/mol. The summed E-state index contributed by atoms with van der Waals surface area (Å²) < 4.78 is 5.30. The monoisotopic (exact) mass is 283 g/mol. The van der Waals surface area contributed by atoms with E-state index in [0.29, 0.717) is 31.3 Å². The number of rotatable bonds is 4. The Labute approximate surface area is 117 Å². The summed E-state index contributed by atoms with van der Waals surface area (Å²) >= 11 is 6.24. The van der Waals surface area contributed by atoms with E-state index < -0.39 is 6.04 Å². The Morgan fingerprint density at radius 2 is 2.42 bits per heavy atom. The molecule has 0 aromatic heterocycles. The van der Waals surface area contributed by atoms with Gasteiger partial charge in [-0.1, -0.05) is 17.7 Å². The molecule has 0 radical (unpaired) electrons. The quantitative estimate of drug-likeness (QED) is 0.856. The van der Waals surface area contributed by atoms with Crippen LogP contribution in [0.15, 0.2) is 18.2 Å². The van der Waals surface area contributed by atoms with E-state index in [0.717, 1.165) is 11.3 Å². The summed E-state index contributed by atoms with van der Waals surface area (Å²) in [6, 6.07) is 5.36. The van der Waals surface area contributed by atoms with Crippen LogP contribution < -0.4 is 16.0 Å². The molecule has 1 unspecified atom stereocenters. The van der Waals surface area contributed by atoms with Crippen molar-refractivity contribution in [2.24, 2.45) is 5.73 Å². The van der Waals surface area contributed by atoms with Crippen LogP contribution in [0, 0.1) is 0 Å². The molecule has 0 spiro atoms. The highest BCUT2D eigenvalue weighted by molar-refractivity contribution is 6.31. The number of benzene rings is 1. The second-order valence-corrected chi connectivity index (χ2v) is 4.90. The highest BCUT2D eigenvalue weighted by atomic mass is 35.5. The second-order valence-electron chi connectivity index (χ2n) is 4.49. The number of nitrogens with one attached hydrogen (secondary N) is 1. The molecule has 0 saturated carbocycles. The van der Waals surface area contributed by atoms with Crippen molar-refractivity contribution in [1.82, 2.24) is 5.32 Å². The van der Waals surface area contributed by atoms with Gasteiger partial charge < -0.3 is 20.7 Å². The van der Waals surface area contributed by atoms with Gasteiger partial charge in [-0.3, -0.25) is 4.79 Å². The maximum atomic E-state index is 11.5. The molecule has 0 bridgehead atoms. The van der Waals surface area contributed by atoms with Gasteiger partial charge >= 0.3 is 0 Å². The zero-order valence-electron chi connectivity index (χ0n) is 10.9. The lowest BCUT2D eigenvalue weighted by Gasteiger charge is -2.35. The van der Waals surface area contributed by atoms with E-state index >= 15 is 0 Å². The third kappa shape index (κ3) is 3.18. The van der Waals surface area contributed by atoms with Gasteiger partial charge in [0.1, 0.15) is 6.04 Å². The summed E-state index contributed by atoms with van der Waals surface area (Å²) in [7, 11) is 1.87. The SMILES string of the molecule is CNCc1ccc(N2CCOCC2C(N)=O)cc1Cl. The van der Waals surface area contributed by atoms with Gasteiger partial charge in [-0.2, -0.15) is 0 Å². The van der Waals surface area contributed by atoms with Crippen molar-refractivity contribution in [3.63, 3.8) is 0 Å². The van der Waals surface area contributed by atoms with Crippen LogP contribution in [0.25, 0.3) is 0 Å². The minimum absolute atomic E-state index is 0.325.